The molecule has 1 aromatic heterocycles. The Balaban J connectivity index is 1.41. The molecule has 0 amide bonds. The SMILES string of the molecule is c1ccc(OC2CC2)c(Cn2cc(CN3CCOCC3)nn2)c1. The maximum absolute atomic E-state index is 5.97. The van der Waals surface area contributed by atoms with E-state index in [1.807, 2.05) is 29.1 Å². The van der Waals surface area contributed by atoms with Gasteiger partial charge < -0.3 is 9.47 Å². The smallest absolute Gasteiger partial charge is 0.124 e. The molecule has 0 N–H and O–H groups in total. The molecule has 122 valence electrons. The maximum Gasteiger partial charge on any atom is 0.124 e. The van der Waals surface area contributed by atoms with Crippen molar-refractivity contribution in [2.45, 2.75) is 32.0 Å². The number of hydrogen-bond donors (Lipinski definition) is 0. The van der Waals surface area contributed by atoms with Gasteiger partial charge in [-0.25, -0.2) is 4.68 Å². The topological polar surface area (TPSA) is 52.4 Å². The highest BCUT2D eigenvalue weighted by Crippen LogP contribution is 2.29. The molecule has 0 atom stereocenters. The van der Waals surface area contributed by atoms with Crippen molar-refractivity contribution >= 4 is 0 Å². The predicted octanol–water partition coefficient (Wildman–Crippen LogP) is 1.70. The Morgan fingerprint density at radius 2 is 1.96 bits per heavy atom. The third-order valence-electron chi connectivity index (χ3n) is 4.20. The van der Waals surface area contributed by atoms with E-state index in [1.165, 1.54) is 12.8 Å². The lowest BCUT2D eigenvalue weighted by Gasteiger charge is -2.25. The van der Waals surface area contributed by atoms with Crippen LogP contribution in [-0.2, 0) is 17.8 Å². The fourth-order valence-electron chi connectivity index (χ4n) is 2.77. The van der Waals surface area contributed by atoms with Crippen molar-refractivity contribution in [3.63, 3.8) is 0 Å². The average Bonchev–Trinajstić information content (AvgIpc) is 3.29. The fourth-order valence-corrected chi connectivity index (χ4v) is 2.77. The Hall–Kier alpha value is -1.92. The number of nitrogens with zero attached hydrogens (tertiary/aromatic N) is 4. The molecule has 1 saturated carbocycles. The van der Waals surface area contributed by atoms with E-state index in [0.29, 0.717) is 12.6 Å². The van der Waals surface area contributed by atoms with Crippen LogP contribution in [0.3, 0.4) is 0 Å². The summed E-state index contributed by atoms with van der Waals surface area (Å²) in [6.07, 6.45) is 4.77. The van der Waals surface area contributed by atoms with Crippen LogP contribution in [0.15, 0.2) is 30.5 Å². The summed E-state index contributed by atoms with van der Waals surface area (Å²) in [6, 6.07) is 8.20. The number of ether oxygens (including phenoxy) is 2. The van der Waals surface area contributed by atoms with Crippen molar-refractivity contribution < 1.29 is 9.47 Å². The zero-order chi connectivity index (χ0) is 15.5. The van der Waals surface area contributed by atoms with Crippen molar-refractivity contribution in [1.82, 2.24) is 19.9 Å². The van der Waals surface area contributed by atoms with Gasteiger partial charge in [0.2, 0.25) is 0 Å². The van der Waals surface area contributed by atoms with Crippen LogP contribution < -0.4 is 4.74 Å². The monoisotopic (exact) mass is 314 g/mol. The molecule has 23 heavy (non-hydrogen) atoms. The van der Waals surface area contributed by atoms with E-state index in [-0.39, 0.29) is 0 Å². The standard InChI is InChI=1S/C17H22N4O2/c1-2-4-17(23-16-5-6-16)14(3-1)11-21-13-15(18-19-21)12-20-7-9-22-10-8-20/h1-4,13,16H,5-12H2. The van der Waals surface area contributed by atoms with Crippen LogP contribution in [-0.4, -0.2) is 52.3 Å². The van der Waals surface area contributed by atoms with Gasteiger partial charge in [0.15, 0.2) is 0 Å². The zero-order valence-corrected chi connectivity index (χ0v) is 13.2. The van der Waals surface area contributed by atoms with Crippen molar-refractivity contribution in [3.8, 4) is 5.75 Å². The Labute approximate surface area is 136 Å². The van der Waals surface area contributed by atoms with Crippen molar-refractivity contribution in [2.75, 3.05) is 26.3 Å². The molecule has 0 spiro atoms. The summed E-state index contributed by atoms with van der Waals surface area (Å²) in [7, 11) is 0. The van der Waals surface area contributed by atoms with E-state index >= 15 is 0 Å². The minimum absolute atomic E-state index is 0.406. The molecule has 0 unspecified atom stereocenters. The number of morpholine rings is 1. The lowest BCUT2D eigenvalue weighted by Crippen LogP contribution is -2.35. The number of hydrogen-bond acceptors (Lipinski definition) is 5. The zero-order valence-electron chi connectivity index (χ0n) is 13.2. The first-order valence-corrected chi connectivity index (χ1v) is 8.30. The average molecular weight is 314 g/mol. The molecule has 4 rings (SSSR count). The lowest BCUT2D eigenvalue weighted by molar-refractivity contribution is 0.0336. The summed E-state index contributed by atoms with van der Waals surface area (Å²) in [4.78, 5) is 2.35. The molecule has 2 aliphatic rings. The summed E-state index contributed by atoms with van der Waals surface area (Å²) >= 11 is 0. The van der Waals surface area contributed by atoms with Crippen molar-refractivity contribution in [3.05, 3.63) is 41.7 Å². The first-order valence-electron chi connectivity index (χ1n) is 8.30. The summed E-state index contributed by atoms with van der Waals surface area (Å²) < 4.78 is 13.2. The van der Waals surface area contributed by atoms with Crippen LogP contribution in [0.5, 0.6) is 5.75 Å². The molecule has 0 radical (unpaired) electrons. The van der Waals surface area contributed by atoms with Gasteiger partial charge in [0.25, 0.3) is 0 Å². The Bertz CT molecular complexity index is 648. The molecule has 1 aliphatic carbocycles. The Morgan fingerprint density at radius 1 is 1.13 bits per heavy atom. The van der Waals surface area contributed by atoms with Gasteiger partial charge in [-0.2, -0.15) is 0 Å². The normalized spacial score (nSPS) is 19.0. The third-order valence-corrected chi connectivity index (χ3v) is 4.20. The van der Waals surface area contributed by atoms with Crippen LogP contribution >= 0.6 is 0 Å². The van der Waals surface area contributed by atoms with Gasteiger partial charge in [0, 0.05) is 25.2 Å². The molecule has 6 nitrogen and oxygen atoms in total. The molecule has 0 bridgehead atoms. The lowest BCUT2D eigenvalue weighted by atomic mass is 10.2. The quantitative estimate of drug-likeness (QED) is 0.812. The van der Waals surface area contributed by atoms with Crippen LogP contribution in [0.2, 0.25) is 0 Å². The molecule has 1 saturated heterocycles. The van der Waals surface area contributed by atoms with Crippen LogP contribution in [0.25, 0.3) is 0 Å². The second-order valence-corrected chi connectivity index (χ2v) is 6.22. The molecular weight excluding hydrogens is 292 g/mol. The van der Waals surface area contributed by atoms with Gasteiger partial charge >= 0.3 is 0 Å². The largest absolute Gasteiger partial charge is 0.490 e. The predicted molar refractivity (Wildman–Crippen MR) is 85.3 cm³/mol. The molecule has 2 heterocycles. The van der Waals surface area contributed by atoms with Gasteiger partial charge in [-0.05, 0) is 18.9 Å². The molecule has 1 aromatic carbocycles. The minimum Gasteiger partial charge on any atom is -0.490 e. The second-order valence-electron chi connectivity index (χ2n) is 6.22. The highest BCUT2D eigenvalue weighted by atomic mass is 16.5. The van der Waals surface area contributed by atoms with Crippen molar-refractivity contribution in [2.24, 2.45) is 0 Å². The molecule has 2 fully saturated rings. The van der Waals surface area contributed by atoms with Crippen LogP contribution in [0, 0.1) is 0 Å². The molecule has 1 aliphatic heterocycles. The first kappa shape index (κ1) is 14.7. The van der Waals surface area contributed by atoms with Crippen molar-refractivity contribution in [1.29, 1.82) is 0 Å². The third kappa shape index (κ3) is 3.89. The Morgan fingerprint density at radius 3 is 2.78 bits per heavy atom. The highest BCUT2D eigenvalue weighted by Gasteiger charge is 2.24. The van der Waals surface area contributed by atoms with E-state index in [4.69, 9.17) is 9.47 Å². The van der Waals surface area contributed by atoms with Gasteiger partial charge in [-0.3, -0.25) is 4.90 Å². The van der Waals surface area contributed by atoms with E-state index < -0.39 is 0 Å². The maximum atomic E-state index is 5.97. The first-order chi connectivity index (χ1) is 11.4. The van der Waals surface area contributed by atoms with Crippen LogP contribution in [0.1, 0.15) is 24.1 Å². The van der Waals surface area contributed by atoms with Gasteiger partial charge in [0.1, 0.15) is 5.75 Å². The number of para-hydroxylation sites is 1. The van der Waals surface area contributed by atoms with E-state index in [9.17, 15) is 0 Å². The van der Waals surface area contributed by atoms with E-state index in [1.54, 1.807) is 0 Å². The van der Waals surface area contributed by atoms with Gasteiger partial charge in [-0.15, -0.1) is 5.10 Å². The number of aromatic nitrogens is 3. The minimum atomic E-state index is 0.406. The summed E-state index contributed by atoms with van der Waals surface area (Å²) in [5.41, 5.74) is 2.16. The molecular formula is C17H22N4O2. The fraction of sp³-hybridized carbons (Fsp3) is 0.529. The van der Waals surface area contributed by atoms with Gasteiger partial charge in [0.05, 0.1) is 37.8 Å². The van der Waals surface area contributed by atoms with Crippen LogP contribution in [0.4, 0.5) is 0 Å². The highest BCUT2D eigenvalue weighted by molar-refractivity contribution is 5.34. The summed E-state index contributed by atoms with van der Waals surface area (Å²) in [5, 5.41) is 8.57. The number of benzene rings is 1. The van der Waals surface area contributed by atoms with E-state index in [2.05, 4.69) is 21.3 Å². The second kappa shape index (κ2) is 6.68. The molecule has 6 heteroatoms. The van der Waals surface area contributed by atoms with E-state index in [0.717, 1.165) is 49.9 Å². The summed E-state index contributed by atoms with van der Waals surface area (Å²) in [6.45, 7) is 5.07. The van der Waals surface area contributed by atoms with Gasteiger partial charge in [-0.1, -0.05) is 23.4 Å². The summed E-state index contributed by atoms with van der Waals surface area (Å²) in [5.74, 6) is 0.972. The Kier molecular flexibility index (Phi) is 4.26. The number of rotatable bonds is 6. The molecule has 2 aromatic rings.